The first-order valence-electron chi connectivity index (χ1n) is 7.29. The highest BCUT2D eigenvalue weighted by Crippen LogP contribution is 2.28. The van der Waals surface area contributed by atoms with E-state index >= 15 is 0 Å². The van der Waals surface area contributed by atoms with Crippen LogP contribution in [-0.4, -0.2) is 53.9 Å². The van der Waals surface area contributed by atoms with Crippen LogP contribution < -0.4 is 0 Å². The molecule has 0 radical (unpaired) electrons. The highest BCUT2D eigenvalue weighted by Gasteiger charge is 2.38. The van der Waals surface area contributed by atoms with E-state index in [1.54, 1.807) is 6.20 Å². The standard InChI is InChI=1S/C16H25N3O/c1-11(2)14-9-19(10-15(14)18(4)5)16(20)13-7-6-8-17-12(13)3/h6-8,11,14-15H,9-10H2,1-5H3/t14-,15+/m0/s1. The molecule has 1 aromatic rings. The lowest BCUT2D eigenvalue weighted by atomic mass is 9.91. The molecule has 0 N–H and O–H groups in total. The second-order valence-electron chi connectivity index (χ2n) is 6.29. The molecule has 4 heteroatoms. The SMILES string of the molecule is Cc1ncccc1C(=O)N1C[C@@H](N(C)C)[C@H](C(C)C)C1. The number of rotatable bonds is 3. The zero-order chi connectivity index (χ0) is 14.9. The minimum atomic E-state index is 0.116. The molecule has 1 aliphatic heterocycles. The Hall–Kier alpha value is -1.42. The molecule has 1 amide bonds. The van der Waals surface area contributed by atoms with E-state index in [1.807, 2.05) is 24.0 Å². The highest BCUT2D eigenvalue weighted by molar-refractivity contribution is 5.95. The number of likely N-dealkylation sites (N-methyl/N-ethyl adjacent to an activating group) is 1. The van der Waals surface area contributed by atoms with Crippen molar-refractivity contribution in [1.82, 2.24) is 14.8 Å². The number of hydrogen-bond donors (Lipinski definition) is 0. The summed E-state index contributed by atoms with van der Waals surface area (Å²) in [4.78, 5) is 21.1. The number of likely N-dealkylation sites (tertiary alicyclic amines) is 1. The predicted octanol–water partition coefficient (Wildman–Crippen LogP) is 2.05. The summed E-state index contributed by atoms with van der Waals surface area (Å²) in [7, 11) is 4.20. The van der Waals surface area contributed by atoms with Gasteiger partial charge in [0.25, 0.3) is 5.91 Å². The van der Waals surface area contributed by atoms with Crippen molar-refractivity contribution in [3.63, 3.8) is 0 Å². The van der Waals surface area contributed by atoms with Gasteiger partial charge in [0.2, 0.25) is 0 Å². The summed E-state index contributed by atoms with van der Waals surface area (Å²) in [6.07, 6.45) is 1.73. The van der Waals surface area contributed by atoms with E-state index < -0.39 is 0 Å². The first-order valence-corrected chi connectivity index (χ1v) is 7.29. The van der Waals surface area contributed by atoms with Gasteiger partial charge in [0.1, 0.15) is 0 Å². The van der Waals surface area contributed by atoms with Crippen LogP contribution in [0.3, 0.4) is 0 Å². The number of aryl methyl sites for hydroxylation is 1. The minimum absolute atomic E-state index is 0.116. The lowest BCUT2D eigenvalue weighted by Gasteiger charge is -2.27. The van der Waals surface area contributed by atoms with Gasteiger partial charge in [0, 0.05) is 31.0 Å². The molecule has 1 aromatic heterocycles. The van der Waals surface area contributed by atoms with E-state index in [4.69, 9.17) is 0 Å². The molecule has 0 spiro atoms. The Bertz CT molecular complexity index is 468. The third kappa shape index (κ3) is 2.85. The summed E-state index contributed by atoms with van der Waals surface area (Å²) in [5.41, 5.74) is 1.54. The van der Waals surface area contributed by atoms with Crippen LogP contribution in [0.1, 0.15) is 29.9 Å². The molecule has 110 valence electrons. The molecule has 0 aromatic carbocycles. The Morgan fingerprint density at radius 3 is 2.60 bits per heavy atom. The van der Waals surface area contributed by atoms with Crippen molar-refractivity contribution in [2.45, 2.75) is 26.8 Å². The quantitative estimate of drug-likeness (QED) is 0.847. The molecule has 4 nitrogen and oxygen atoms in total. The highest BCUT2D eigenvalue weighted by atomic mass is 16.2. The Kier molecular flexibility index (Phi) is 4.43. The van der Waals surface area contributed by atoms with Crippen LogP contribution in [0, 0.1) is 18.8 Å². The van der Waals surface area contributed by atoms with Gasteiger partial charge < -0.3 is 9.80 Å². The number of carbonyl (C=O) groups is 1. The van der Waals surface area contributed by atoms with E-state index in [-0.39, 0.29) is 5.91 Å². The second kappa shape index (κ2) is 5.92. The maximum absolute atomic E-state index is 12.7. The lowest BCUT2D eigenvalue weighted by molar-refractivity contribution is 0.0778. The normalized spacial score (nSPS) is 22.9. The van der Waals surface area contributed by atoms with Crippen LogP contribution in [0.15, 0.2) is 18.3 Å². The molecule has 2 heterocycles. The number of pyridine rings is 1. The van der Waals surface area contributed by atoms with Gasteiger partial charge in [-0.3, -0.25) is 9.78 Å². The molecule has 0 aliphatic carbocycles. The molecule has 2 rings (SSSR count). The average molecular weight is 275 g/mol. The zero-order valence-electron chi connectivity index (χ0n) is 13.1. The Labute approximate surface area is 121 Å². The molecule has 1 saturated heterocycles. The molecule has 1 fully saturated rings. The monoisotopic (exact) mass is 275 g/mol. The molecule has 0 unspecified atom stereocenters. The van der Waals surface area contributed by atoms with E-state index in [1.165, 1.54) is 0 Å². The van der Waals surface area contributed by atoms with Crippen molar-refractivity contribution < 1.29 is 4.79 Å². The summed E-state index contributed by atoms with van der Waals surface area (Å²) < 4.78 is 0. The topological polar surface area (TPSA) is 36.4 Å². The summed E-state index contributed by atoms with van der Waals surface area (Å²) >= 11 is 0. The first-order chi connectivity index (χ1) is 9.41. The Balaban J connectivity index is 2.19. The molecule has 1 aliphatic rings. The van der Waals surface area contributed by atoms with E-state index in [0.717, 1.165) is 24.3 Å². The molecular weight excluding hydrogens is 250 g/mol. The van der Waals surface area contributed by atoms with Gasteiger partial charge in [-0.25, -0.2) is 0 Å². The van der Waals surface area contributed by atoms with Crippen molar-refractivity contribution in [2.24, 2.45) is 11.8 Å². The molecule has 2 atom stereocenters. The summed E-state index contributed by atoms with van der Waals surface area (Å²) in [5, 5.41) is 0. The van der Waals surface area contributed by atoms with Gasteiger partial charge in [0.05, 0.1) is 5.56 Å². The average Bonchev–Trinajstić information content (AvgIpc) is 2.84. The van der Waals surface area contributed by atoms with Crippen molar-refractivity contribution >= 4 is 5.91 Å². The van der Waals surface area contributed by atoms with Gasteiger partial charge in [-0.2, -0.15) is 0 Å². The third-order valence-corrected chi connectivity index (χ3v) is 4.38. The minimum Gasteiger partial charge on any atom is -0.337 e. The zero-order valence-corrected chi connectivity index (χ0v) is 13.1. The van der Waals surface area contributed by atoms with Crippen LogP contribution in [0.2, 0.25) is 0 Å². The number of nitrogens with zero attached hydrogens (tertiary/aromatic N) is 3. The third-order valence-electron chi connectivity index (χ3n) is 4.38. The summed E-state index contributed by atoms with van der Waals surface area (Å²) in [6.45, 7) is 8.03. The Morgan fingerprint density at radius 1 is 1.40 bits per heavy atom. The largest absolute Gasteiger partial charge is 0.337 e. The number of carbonyl (C=O) groups excluding carboxylic acids is 1. The number of amides is 1. The van der Waals surface area contributed by atoms with Crippen molar-refractivity contribution in [3.8, 4) is 0 Å². The molecule has 20 heavy (non-hydrogen) atoms. The molecule has 0 saturated carbocycles. The van der Waals surface area contributed by atoms with Crippen molar-refractivity contribution in [1.29, 1.82) is 0 Å². The van der Waals surface area contributed by atoms with Gasteiger partial charge in [-0.1, -0.05) is 13.8 Å². The predicted molar refractivity (Wildman–Crippen MR) is 80.7 cm³/mol. The maximum Gasteiger partial charge on any atom is 0.255 e. The fourth-order valence-corrected chi connectivity index (χ4v) is 3.06. The van der Waals surface area contributed by atoms with E-state index in [9.17, 15) is 4.79 Å². The van der Waals surface area contributed by atoms with Crippen LogP contribution in [-0.2, 0) is 0 Å². The number of aromatic nitrogens is 1. The van der Waals surface area contributed by atoms with Crippen LogP contribution in [0.25, 0.3) is 0 Å². The first kappa shape index (κ1) is 15.0. The van der Waals surface area contributed by atoms with Crippen LogP contribution in [0.4, 0.5) is 0 Å². The van der Waals surface area contributed by atoms with Crippen molar-refractivity contribution in [3.05, 3.63) is 29.6 Å². The Morgan fingerprint density at radius 2 is 2.10 bits per heavy atom. The van der Waals surface area contributed by atoms with Gasteiger partial charge >= 0.3 is 0 Å². The number of hydrogen-bond acceptors (Lipinski definition) is 3. The van der Waals surface area contributed by atoms with Gasteiger partial charge in [-0.05, 0) is 45.0 Å². The molecule has 0 bridgehead atoms. The van der Waals surface area contributed by atoms with Crippen LogP contribution in [0.5, 0.6) is 0 Å². The van der Waals surface area contributed by atoms with Crippen LogP contribution >= 0.6 is 0 Å². The van der Waals surface area contributed by atoms with Gasteiger partial charge in [0.15, 0.2) is 0 Å². The van der Waals surface area contributed by atoms with Crippen molar-refractivity contribution in [2.75, 3.05) is 27.2 Å². The van der Waals surface area contributed by atoms with E-state index in [2.05, 4.69) is 37.8 Å². The second-order valence-corrected chi connectivity index (χ2v) is 6.29. The van der Waals surface area contributed by atoms with Gasteiger partial charge in [-0.15, -0.1) is 0 Å². The summed E-state index contributed by atoms with van der Waals surface area (Å²) in [5.74, 6) is 1.23. The fourth-order valence-electron chi connectivity index (χ4n) is 3.06. The smallest absolute Gasteiger partial charge is 0.255 e. The fraction of sp³-hybridized carbons (Fsp3) is 0.625. The van der Waals surface area contributed by atoms with E-state index in [0.29, 0.717) is 17.9 Å². The molecular formula is C16H25N3O. The lowest BCUT2D eigenvalue weighted by Crippen LogP contribution is -2.37. The summed E-state index contributed by atoms with van der Waals surface area (Å²) in [6, 6.07) is 4.15. The maximum atomic E-state index is 12.7.